The number of phenols is 1. The Balaban J connectivity index is 2.90. The number of rotatable bonds is 4. The Bertz CT molecular complexity index is 330. The van der Waals surface area contributed by atoms with E-state index in [-0.39, 0.29) is 23.1 Å². The van der Waals surface area contributed by atoms with Crippen LogP contribution in [0.4, 0.5) is 0 Å². The van der Waals surface area contributed by atoms with Crippen molar-refractivity contribution in [3.05, 3.63) is 28.8 Å². The summed E-state index contributed by atoms with van der Waals surface area (Å²) in [4.78, 5) is 0. The summed E-state index contributed by atoms with van der Waals surface area (Å²) in [5, 5.41) is 28.6. The van der Waals surface area contributed by atoms with Crippen LogP contribution in [0.2, 0.25) is 5.02 Å². The zero-order chi connectivity index (χ0) is 11.4. The first kappa shape index (κ1) is 12.6. The smallest absolute Gasteiger partial charge is 0.134 e. The van der Waals surface area contributed by atoms with E-state index in [9.17, 15) is 15.3 Å². The maximum absolute atomic E-state index is 9.72. The van der Waals surface area contributed by atoms with Gasteiger partial charge in [-0.1, -0.05) is 23.7 Å². The van der Waals surface area contributed by atoms with Crippen molar-refractivity contribution in [1.29, 1.82) is 0 Å². The van der Waals surface area contributed by atoms with Crippen LogP contribution in [0.1, 0.15) is 18.1 Å². The van der Waals surface area contributed by atoms with Gasteiger partial charge in [0.2, 0.25) is 0 Å². The fourth-order valence-corrected chi connectivity index (χ4v) is 1.70. The summed E-state index contributed by atoms with van der Waals surface area (Å²) in [6.45, 7) is 0. The lowest BCUT2D eigenvalue weighted by molar-refractivity contribution is 0.0169. The van der Waals surface area contributed by atoms with Crippen LogP contribution in [-0.4, -0.2) is 27.3 Å². The zero-order valence-corrected chi connectivity index (χ0v) is 9.41. The number of hydrogen-bond acceptors (Lipinski definition) is 3. The van der Waals surface area contributed by atoms with Crippen molar-refractivity contribution in [2.75, 3.05) is 5.88 Å². The average Bonchev–Trinajstić information content (AvgIpc) is 2.21. The maximum Gasteiger partial charge on any atom is 0.134 e. The summed E-state index contributed by atoms with van der Waals surface area (Å²) < 4.78 is 0. The third-order valence-corrected chi connectivity index (χ3v) is 2.73. The summed E-state index contributed by atoms with van der Waals surface area (Å²) in [5.74, 6) is 0.126. The van der Waals surface area contributed by atoms with E-state index < -0.39 is 12.2 Å². The third-order valence-electron chi connectivity index (χ3n) is 2.10. The summed E-state index contributed by atoms with van der Waals surface area (Å²) in [6.07, 6.45) is -1.86. The van der Waals surface area contributed by atoms with E-state index >= 15 is 0 Å². The molecule has 0 heterocycles. The van der Waals surface area contributed by atoms with E-state index in [4.69, 9.17) is 23.2 Å². The Kier molecular flexibility index (Phi) is 4.67. The molecule has 2 atom stereocenters. The molecular weight excluding hydrogens is 239 g/mol. The SMILES string of the molecule is Oc1cccc(C(O)C(O)CCCl)c1Cl. The lowest BCUT2D eigenvalue weighted by atomic mass is 10.0. The number of benzene rings is 1. The van der Waals surface area contributed by atoms with Gasteiger partial charge in [0.1, 0.15) is 11.9 Å². The van der Waals surface area contributed by atoms with Crippen molar-refractivity contribution in [2.45, 2.75) is 18.6 Å². The van der Waals surface area contributed by atoms with E-state index in [1.54, 1.807) is 12.1 Å². The van der Waals surface area contributed by atoms with E-state index in [0.29, 0.717) is 5.56 Å². The predicted molar refractivity (Wildman–Crippen MR) is 59.4 cm³/mol. The zero-order valence-electron chi connectivity index (χ0n) is 7.90. The van der Waals surface area contributed by atoms with Gasteiger partial charge in [0.25, 0.3) is 0 Å². The predicted octanol–water partition coefficient (Wildman–Crippen LogP) is 2.07. The van der Waals surface area contributed by atoms with Crippen LogP contribution in [-0.2, 0) is 0 Å². The van der Waals surface area contributed by atoms with Crippen LogP contribution in [0.25, 0.3) is 0 Å². The van der Waals surface area contributed by atoms with Gasteiger partial charge in [-0.25, -0.2) is 0 Å². The molecule has 84 valence electrons. The van der Waals surface area contributed by atoms with Crippen LogP contribution in [0.15, 0.2) is 18.2 Å². The molecule has 3 nitrogen and oxygen atoms in total. The Morgan fingerprint density at radius 3 is 2.53 bits per heavy atom. The molecule has 1 aromatic carbocycles. The molecule has 3 N–H and O–H groups in total. The molecule has 0 bridgehead atoms. The number of phenolic OH excluding ortho intramolecular Hbond substituents is 1. The summed E-state index contributed by atoms with van der Waals surface area (Å²) in [5.41, 5.74) is 0.300. The van der Waals surface area contributed by atoms with Crippen LogP contribution < -0.4 is 0 Å². The number of alkyl halides is 1. The highest BCUT2D eigenvalue weighted by Crippen LogP contribution is 2.32. The highest BCUT2D eigenvalue weighted by Gasteiger charge is 2.21. The van der Waals surface area contributed by atoms with E-state index in [0.717, 1.165) is 0 Å². The molecule has 15 heavy (non-hydrogen) atoms. The Labute approximate surface area is 97.9 Å². The summed E-state index contributed by atoms with van der Waals surface area (Å²) >= 11 is 11.2. The highest BCUT2D eigenvalue weighted by atomic mass is 35.5. The average molecular weight is 251 g/mol. The number of aliphatic hydroxyl groups excluding tert-OH is 2. The van der Waals surface area contributed by atoms with Crippen molar-refractivity contribution in [3.63, 3.8) is 0 Å². The first-order valence-electron chi connectivity index (χ1n) is 4.47. The minimum Gasteiger partial charge on any atom is -0.506 e. The van der Waals surface area contributed by atoms with Gasteiger partial charge in [-0.3, -0.25) is 0 Å². The molecule has 0 aliphatic rings. The van der Waals surface area contributed by atoms with Crippen molar-refractivity contribution in [1.82, 2.24) is 0 Å². The number of hydrogen-bond donors (Lipinski definition) is 3. The van der Waals surface area contributed by atoms with Gasteiger partial charge in [0.05, 0.1) is 11.1 Å². The van der Waals surface area contributed by atoms with Gasteiger partial charge < -0.3 is 15.3 Å². The summed E-state index contributed by atoms with van der Waals surface area (Å²) in [7, 11) is 0. The molecule has 0 saturated heterocycles. The fraction of sp³-hybridized carbons (Fsp3) is 0.400. The second-order valence-corrected chi connectivity index (χ2v) is 3.93. The Hall–Kier alpha value is -0.480. The molecule has 1 rings (SSSR count). The second kappa shape index (κ2) is 5.56. The largest absolute Gasteiger partial charge is 0.506 e. The van der Waals surface area contributed by atoms with Gasteiger partial charge in [-0.05, 0) is 12.5 Å². The molecule has 0 aliphatic heterocycles. The molecule has 0 spiro atoms. The van der Waals surface area contributed by atoms with E-state index in [1.807, 2.05) is 0 Å². The van der Waals surface area contributed by atoms with E-state index in [2.05, 4.69) is 0 Å². The lowest BCUT2D eigenvalue weighted by Gasteiger charge is -2.18. The van der Waals surface area contributed by atoms with Gasteiger partial charge in [0, 0.05) is 11.4 Å². The first-order chi connectivity index (χ1) is 7.07. The molecule has 2 unspecified atom stereocenters. The molecule has 0 saturated carbocycles. The van der Waals surface area contributed by atoms with Crippen LogP contribution in [0.5, 0.6) is 5.75 Å². The Morgan fingerprint density at radius 1 is 1.27 bits per heavy atom. The normalized spacial score (nSPS) is 14.9. The molecule has 0 amide bonds. The molecule has 0 fully saturated rings. The van der Waals surface area contributed by atoms with Gasteiger partial charge in [-0.2, -0.15) is 0 Å². The second-order valence-electron chi connectivity index (χ2n) is 3.17. The minimum absolute atomic E-state index is 0.0543. The number of aromatic hydroxyl groups is 1. The molecule has 5 heteroatoms. The quantitative estimate of drug-likeness (QED) is 0.718. The molecule has 0 aromatic heterocycles. The van der Waals surface area contributed by atoms with E-state index in [1.165, 1.54) is 6.07 Å². The molecule has 1 aromatic rings. The van der Waals surface area contributed by atoms with Gasteiger partial charge in [0.15, 0.2) is 0 Å². The fourth-order valence-electron chi connectivity index (χ4n) is 1.24. The minimum atomic E-state index is -1.14. The molecule has 0 radical (unpaired) electrons. The number of halogens is 2. The lowest BCUT2D eigenvalue weighted by Crippen LogP contribution is -2.18. The molecular formula is C10H12Cl2O3. The topological polar surface area (TPSA) is 60.7 Å². The summed E-state index contributed by atoms with van der Waals surface area (Å²) in [6, 6.07) is 4.50. The Morgan fingerprint density at radius 2 is 1.93 bits per heavy atom. The van der Waals surface area contributed by atoms with Gasteiger partial charge in [-0.15, -0.1) is 11.6 Å². The van der Waals surface area contributed by atoms with Crippen molar-refractivity contribution in [3.8, 4) is 5.75 Å². The monoisotopic (exact) mass is 250 g/mol. The van der Waals surface area contributed by atoms with Crippen molar-refractivity contribution < 1.29 is 15.3 Å². The maximum atomic E-state index is 9.72. The van der Waals surface area contributed by atoms with Crippen LogP contribution >= 0.6 is 23.2 Å². The number of aliphatic hydroxyl groups is 2. The van der Waals surface area contributed by atoms with Crippen molar-refractivity contribution in [2.24, 2.45) is 0 Å². The highest BCUT2D eigenvalue weighted by molar-refractivity contribution is 6.32. The van der Waals surface area contributed by atoms with Crippen LogP contribution in [0, 0.1) is 0 Å². The van der Waals surface area contributed by atoms with Crippen LogP contribution in [0.3, 0.4) is 0 Å². The third kappa shape index (κ3) is 2.98. The van der Waals surface area contributed by atoms with Gasteiger partial charge >= 0.3 is 0 Å². The van der Waals surface area contributed by atoms with Crippen molar-refractivity contribution >= 4 is 23.2 Å². The molecule has 0 aliphatic carbocycles. The standard InChI is InChI=1S/C10H12Cl2O3/c11-5-4-8(14)10(15)6-2-1-3-7(13)9(6)12/h1-3,8,10,13-15H,4-5H2. The first-order valence-corrected chi connectivity index (χ1v) is 5.38.